The number of aryl methyl sites for hydroxylation is 1. The van der Waals surface area contributed by atoms with E-state index in [2.05, 4.69) is 6.07 Å². The first kappa shape index (κ1) is 9.19. The first-order valence-electron chi connectivity index (χ1n) is 4.62. The van der Waals surface area contributed by atoms with Crippen LogP contribution in [0.4, 0.5) is 0 Å². The Morgan fingerprint density at radius 1 is 1.69 bits per heavy atom. The molecule has 1 aromatic rings. The van der Waals surface area contributed by atoms with Gasteiger partial charge in [-0.3, -0.25) is 0 Å². The minimum atomic E-state index is -0.336. The summed E-state index contributed by atoms with van der Waals surface area (Å²) in [6.07, 6.45) is 1.81. The summed E-state index contributed by atoms with van der Waals surface area (Å²) in [5.74, 6) is 0. The highest BCUT2D eigenvalue weighted by Gasteiger charge is 2.48. The molecule has 0 aromatic carbocycles. The van der Waals surface area contributed by atoms with Gasteiger partial charge in [0.2, 0.25) is 0 Å². The predicted molar refractivity (Wildman–Crippen MR) is 54.7 cm³/mol. The maximum Gasteiger partial charge on any atom is 0.0952 e. The number of aliphatic hydroxyl groups excluding tert-OH is 1. The van der Waals surface area contributed by atoms with Gasteiger partial charge in [-0.1, -0.05) is 0 Å². The van der Waals surface area contributed by atoms with Crippen LogP contribution in [0.1, 0.15) is 29.4 Å². The molecule has 1 aromatic heterocycles. The molecule has 13 heavy (non-hydrogen) atoms. The number of aliphatic hydroxyl groups is 1. The van der Waals surface area contributed by atoms with Gasteiger partial charge in [0.05, 0.1) is 6.10 Å². The van der Waals surface area contributed by atoms with E-state index in [0.29, 0.717) is 6.54 Å². The lowest BCUT2D eigenvalue weighted by molar-refractivity contribution is 0.100. The minimum absolute atomic E-state index is 0.00954. The molecule has 0 bridgehead atoms. The number of hydrogen-bond donors (Lipinski definition) is 2. The molecule has 0 amide bonds. The monoisotopic (exact) mass is 197 g/mol. The van der Waals surface area contributed by atoms with Gasteiger partial charge in [-0.15, -0.1) is 11.3 Å². The van der Waals surface area contributed by atoms with Gasteiger partial charge in [0.25, 0.3) is 0 Å². The summed E-state index contributed by atoms with van der Waals surface area (Å²) in [5, 5.41) is 12.1. The highest BCUT2D eigenvalue weighted by Crippen LogP contribution is 2.55. The fourth-order valence-corrected chi connectivity index (χ4v) is 2.74. The Balaban J connectivity index is 2.22. The molecular weight excluding hydrogens is 182 g/mol. The molecule has 72 valence electrons. The molecule has 1 aliphatic rings. The van der Waals surface area contributed by atoms with Gasteiger partial charge >= 0.3 is 0 Å². The number of rotatable bonds is 3. The topological polar surface area (TPSA) is 46.2 Å². The van der Waals surface area contributed by atoms with Crippen LogP contribution < -0.4 is 5.73 Å². The van der Waals surface area contributed by atoms with Gasteiger partial charge in [-0.25, -0.2) is 0 Å². The Labute approximate surface area is 82.4 Å². The zero-order valence-electron chi connectivity index (χ0n) is 7.79. The van der Waals surface area contributed by atoms with Gasteiger partial charge in [0.15, 0.2) is 0 Å². The number of thiophene rings is 1. The summed E-state index contributed by atoms with van der Waals surface area (Å²) in [7, 11) is 0. The van der Waals surface area contributed by atoms with E-state index in [1.165, 1.54) is 5.56 Å². The van der Waals surface area contributed by atoms with E-state index >= 15 is 0 Å². The van der Waals surface area contributed by atoms with E-state index in [9.17, 15) is 5.11 Å². The van der Waals surface area contributed by atoms with Gasteiger partial charge < -0.3 is 10.8 Å². The summed E-state index contributed by atoms with van der Waals surface area (Å²) >= 11 is 1.63. The van der Waals surface area contributed by atoms with Crippen molar-refractivity contribution in [3.63, 3.8) is 0 Å². The van der Waals surface area contributed by atoms with E-state index in [1.807, 2.05) is 12.3 Å². The van der Waals surface area contributed by atoms with Gasteiger partial charge in [-0.2, -0.15) is 0 Å². The first-order valence-corrected chi connectivity index (χ1v) is 5.50. The summed E-state index contributed by atoms with van der Waals surface area (Å²) in [6, 6.07) is 2.05. The number of nitrogens with two attached hydrogens (primary N) is 1. The third kappa shape index (κ3) is 1.41. The first-order chi connectivity index (χ1) is 6.19. The van der Waals surface area contributed by atoms with Gasteiger partial charge in [0, 0.05) is 16.8 Å². The average molecular weight is 197 g/mol. The Morgan fingerprint density at radius 2 is 2.38 bits per heavy atom. The zero-order valence-corrected chi connectivity index (χ0v) is 8.60. The van der Waals surface area contributed by atoms with Crippen LogP contribution in [0, 0.1) is 12.3 Å². The van der Waals surface area contributed by atoms with Crippen molar-refractivity contribution < 1.29 is 5.11 Å². The highest BCUT2D eigenvalue weighted by atomic mass is 32.1. The second-order valence-electron chi connectivity index (χ2n) is 3.94. The van der Waals surface area contributed by atoms with Crippen molar-refractivity contribution in [2.75, 3.05) is 6.54 Å². The van der Waals surface area contributed by atoms with Gasteiger partial charge in [0.1, 0.15) is 0 Å². The smallest absolute Gasteiger partial charge is 0.0952 e. The summed E-state index contributed by atoms with van der Waals surface area (Å²) < 4.78 is 0. The van der Waals surface area contributed by atoms with Gasteiger partial charge in [-0.05, 0) is 36.8 Å². The zero-order chi connectivity index (χ0) is 9.47. The van der Waals surface area contributed by atoms with Crippen LogP contribution in [-0.2, 0) is 0 Å². The highest BCUT2D eigenvalue weighted by molar-refractivity contribution is 7.10. The molecule has 3 heteroatoms. The quantitative estimate of drug-likeness (QED) is 0.776. The maximum atomic E-state index is 10.1. The second-order valence-corrected chi connectivity index (χ2v) is 4.88. The van der Waals surface area contributed by atoms with E-state index in [4.69, 9.17) is 5.73 Å². The Bertz CT molecular complexity index is 304. The van der Waals surface area contributed by atoms with Crippen molar-refractivity contribution in [1.29, 1.82) is 0 Å². The lowest BCUT2D eigenvalue weighted by Gasteiger charge is -2.19. The van der Waals surface area contributed by atoms with Crippen molar-refractivity contribution in [1.82, 2.24) is 0 Å². The van der Waals surface area contributed by atoms with Crippen LogP contribution in [0.15, 0.2) is 11.4 Å². The Morgan fingerprint density at radius 3 is 2.77 bits per heavy atom. The second kappa shape index (κ2) is 3.08. The van der Waals surface area contributed by atoms with Crippen LogP contribution in [0.25, 0.3) is 0 Å². The number of hydrogen-bond acceptors (Lipinski definition) is 3. The van der Waals surface area contributed by atoms with Crippen molar-refractivity contribution in [2.24, 2.45) is 11.1 Å². The van der Waals surface area contributed by atoms with E-state index < -0.39 is 0 Å². The third-order valence-electron chi connectivity index (χ3n) is 3.03. The fourth-order valence-electron chi connectivity index (χ4n) is 1.69. The van der Waals surface area contributed by atoms with E-state index in [0.717, 1.165) is 17.7 Å². The fraction of sp³-hybridized carbons (Fsp3) is 0.600. The molecule has 0 spiro atoms. The molecule has 2 rings (SSSR count). The van der Waals surface area contributed by atoms with Crippen LogP contribution in [0.5, 0.6) is 0 Å². The van der Waals surface area contributed by atoms with Crippen molar-refractivity contribution >= 4 is 11.3 Å². The summed E-state index contributed by atoms with van der Waals surface area (Å²) in [4.78, 5) is 1.10. The normalized spacial score (nSPS) is 21.5. The van der Waals surface area contributed by atoms with Crippen molar-refractivity contribution in [3.8, 4) is 0 Å². The van der Waals surface area contributed by atoms with E-state index in [1.54, 1.807) is 11.3 Å². The molecule has 1 heterocycles. The molecule has 0 saturated heterocycles. The molecule has 1 aliphatic carbocycles. The summed E-state index contributed by atoms with van der Waals surface area (Å²) in [6.45, 7) is 2.65. The molecule has 0 radical (unpaired) electrons. The van der Waals surface area contributed by atoms with Crippen LogP contribution in [0.2, 0.25) is 0 Å². The largest absolute Gasteiger partial charge is 0.387 e. The predicted octanol–water partition coefficient (Wildman–Crippen LogP) is 1.83. The third-order valence-corrected chi connectivity index (χ3v) is 4.10. The lowest BCUT2D eigenvalue weighted by atomic mass is 9.96. The Kier molecular flexibility index (Phi) is 2.18. The molecule has 2 nitrogen and oxygen atoms in total. The molecule has 1 unspecified atom stereocenters. The SMILES string of the molecule is Cc1ccsc1C(O)C1(CN)CC1. The van der Waals surface area contributed by atoms with Crippen LogP contribution >= 0.6 is 11.3 Å². The molecule has 1 atom stereocenters. The van der Waals surface area contributed by atoms with Crippen LogP contribution in [-0.4, -0.2) is 11.7 Å². The molecule has 1 fully saturated rings. The lowest BCUT2D eigenvalue weighted by Crippen LogP contribution is -2.23. The molecular formula is C10H15NOS. The molecule has 3 N–H and O–H groups in total. The standard InChI is InChI=1S/C10H15NOS/c1-7-2-5-13-8(7)9(12)10(6-11)3-4-10/h2,5,9,12H,3-4,6,11H2,1H3. The molecule has 1 saturated carbocycles. The van der Waals surface area contributed by atoms with E-state index in [-0.39, 0.29) is 11.5 Å². The van der Waals surface area contributed by atoms with Crippen LogP contribution in [0.3, 0.4) is 0 Å². The molecule has 0 aliphatic heterocycles. The maximum absolute atomic E-state index is 10.1. The summed E-state index contributed by atoms with van der Waals surface area (Å²) in [5.41, 5.74) is 6.87. The van der Waals surface area contributed by atoms with Crippen molar-refractivity contribution in [3.05, 3.63) is 21.9 Å². The minimum Gasteiger partial charge on any atom is -0.387 e. The average Bonchev–Trinajstić information content (AvgIpc) is 2.83. The Hall–Kier alpha value is -0.380. The van der Waals surface area contributed by atoms with Crippen molar-refractivity contribution in [2.45, 2.75) is 25.9 Å².